The van der Waals surface area contributed by atoms with Gasteiger partial charge in [0.2, 0.25) is 0 Å². The lowest BCUT2D eigenvalue weighted by molar-refractivity contribution is 0.0787. The number of amides is 1. The summed E-state index contributed by atoms with van der Waals surface area (Å²) in [7, 11) is 0. The van der Waals surface area contributed by atoms with Crippen LogP contribution in [0.4, 0.5) is 0 Å². The van der Waals surface area contributed by atoms with Crippen molar-refractivity contribution in [1.82, 2.24) is 4.90 Å². The fourth-order valence-corrected chi connectivity index (χ4v) is 3.10. The van der Waals surface area contributed by atoms with E-state index in [1.54, 1.807) is 0 Å². The van der Waals surface area contributed by atoms with Gasteiger partial charge in [0.05, 0.1) is 0 Å². The summed E-state index contributed by atoms with van der Waals surface area (Å²) in [6.07, 6.45) is 2.14. The molecule has 3 heteroatoms. The van der Waals surface area contributed by atoms with Crippen LogP contribution in [0.5, 0.6) is 0 Å². The van der Waals surface area contributed by atoms with Crippen LogP contribution in [0.1, 0.15) is 27.9 Å². The maximum Gasteiger partial charge on any atom is 0.253 e. The predicted molar refractivity (Wildman–Crippen MR) is 88.5 cm³/mol. The molecule has 1 fully saturated rings. The van der Waals surface area contributed by atoms with Crippen molar-refractivity contribution >= 4 is 5.91 Å². The van der Waals surface area contributed by atoms with Crippen LogP contribution < -0.4 is 5.73 Å². The minimum absolute atomic E-state index is 0.138. The number of hydrogen-bond donors (Lipinski definition) is 1. The summed E-state index contributed by atoms with van der Waals surface area (Å²) in [6.45, 7) is 2.22. The van der Waals surface area contributed by atoms with Crippen LogP contribution in [-0.4, -0.2) is 23.9 Å². The van der Waals surface area contributed by atoms with E-state index in [1.807, 2.05) is 35.2 Å². The van der Waals surface area contributed by atoms with Crippen LogP contribution in [0.15, 0.2) is 54.6 Å². The monoisotopic (exact) mass is 294 g/mol. The second-order valence-electron chi connectivity index (χ2n) is 6.00. The first kappa shape index (κ1) is 14.8. The fourth-order valence-electron chi connectivity index (χ4n) is 3.10. The number of nitrogens with zero attached hydrogens (tertiary/aromatic N) is 1. The maximum atomic E-state index is 12.5. The van der Waals surface area contributed by atoms with Crippen LogP contribution >= 0.6 is 0 Å². The normalized spacial score (nSPS) is 17.7. The molecule has 3 nitrogen and oxygen atoms in total. The zero-order chi connectivity index (χ0) is 15.4. The van der Waals surface area contributed by atoms with Gasteiger partial charge in [-0.2, -0.15) is 0 Å². The first-order chi connectivity index (χ1) is 10.8. The number of likely N-dealkylation sites (tertiary alicyclic amines) is 1. The van der Waals surface area contributed by atoms with E-state index < -0.39 is 0 Å². The Morgan fingerprint density at radius 3 is 2.45 bits per heavy atom. The number of carbonyl (C=O) groups is 1. The molecule has 1 heterocycles. The third kappa shape index (κ3) is 3.37. The highest BCUT2D eigenvalue weighted by atomic mass is 16.2. The standard InChI is InChI=1S/C19H22N2O/c20-13-16-6-8-18(9-7-16)19(22)21-11-10-17(14-21)12-15-4-2-1-3-5-15/h1-9,17H,10-14,20H2. The van der Waals surface area contributed by atoms with Crippen LogP contribution in [0.25, 0.3) is 0 Å². The topological polar surface area (TPSA) is 46.3 Å². The molecule has 114 valence electrons. The van der Waals surface area contributed by atoms with Gasteiger partial charge in [0.15, 0.2) is 0 Å². The largest absolute Gasteiger partial charge is 0.338 e. The van der Waals surface area contributed by atoms with Gasteiger partial charge in [0, 0.05) is 25.2 Å². The highest BCUT2D eigenvalue weighted by molar-refractivity contribution is 5.94. The van der Waals surface area contributed by atoms with Crippen molar-refractivity contribution in [3.63, 3.8) is 0 Å². The lowest BCUT2D eigenvalue weighted by atomic mass is 9.99. The van der Waals surface area contributed by atoms with Crippen molar-refractivity contribution in [2.45, 2.75) is 19.4 Å². The lowest BCUT2D eigenvalue weighted by Crippen LogP contribution is -2.28. The van der Waals surface area contributed by atoms with Gasteiger partial charge >= 0.3 is 0 Å². The van der Waals surface area contributed by atoms with Crippen LogP contribution in [0, 0.1) is 5.92 Å². The molecule has 2 aromatic carbocycles. The van der Waals surface area contributed by atoms with Crippen molar-refractivity contribution in [3.8, 4) is 0 Å². The molecule has 0 aliphatic carbocycles. The van der Waals surface area contributed by atoms with Gasteiger partial charge < -0.3 is 10.6 Å². The average Bonchev–Trinajstić information content (AvgIpc) is 3.04. The van der Waals surface area contributed by atoms with E-state index in [0.29, 0.717) is 12.5 Å². The maximum absolute atomic E-state index is 12.5. The van der Waals surface area contributed by atoms with E-state index in [1.165, 1.54) is 5.56 Å². The highest BCUT2D eigenvalue weighted by Crippen LogP contribution is 2.22. The molecular formula is C19H22N2O. The summed E-state index contributed by atoms with van der Waals surface area (Å²) in [6, 6.07) is 18.2. The molecule has 0 radical (unpaired) electrons. The van der Waals surface area contributed by atoms with E-state index >= 15 is 0 Å². The molecule has 0 saturated carbocycles. The molecule has 0 aromatic heterocycles. The number of benzene rings is 2. The summed E-state index contributed by atoms with van der Waals surface area (Å²) in [5.41, 5.74) is 8.77. The van der Waals surface area contributed by atoms with Crippen molar-refractivity contribution in [3.05, 3.63) is 71.3 Å². The van der Waals surface area contributed by atoms with Gasteiger partial charge in [0.25, 0.3) is 5.91 Å². The van der Waals surface area contributed by atoms with Gasteiger partial charge in [0.1, 0.15) is 0 Å². The second-order valence-corrected chi connectivity index (χ2v) is 6.00. The molecule has 1 atom stereocenters. The molecular weight excluding hydrogens is 272 g/mol. The molecule has 2 N–H and O–H groups in total. The number of carbonyl (C=O) groups excluding carboxylic acids is 1. The van der Waals surface area contributed by atoms with Crippen LogP contribution in [0.2, 0.25) is 0 Å². The zero-order valence-corrected chi connectivity index (χ0v) is 12.7. The van der Waals surface area contributed by atoms with Gasteiger partial charge in [-0.25, -0.2) is 0 Å². The third-order valence-electron chi connectivity index (χ3n) is 4.38. The third-order valence-corrected chi connectivity index (χ3v) is 4.38. The predicted octanol–water partition coefficient (Wildman–Crippen LogP) is 2.85. The molecule has 1 amide bonds. The number of rotatable bonds is 4. The SMILES string of the molecule is NCc1ccc(C(=O)N2CCC(Cc3ccccc3)C2)cc1. The van der Waals surface area contributed by atoms with Gasteiger partial charge in [-0.05, 0) is 42.0 Å². The van der Waals surface area contributed by atoms with Crippen LogP contribution in [0.3, 0.4) is 0 Å². The molecule has 0 spiro atoms. The van der Waals surface area contributed by atoms with Gasteiger partial charge in [-0.3, -0.25) is 4.79 Å². The summed E-state index contributed by atoms with van der Waals surface area (Å²) in [5, 5.41) is 0. The molecule has 22 heavy (non-hydrogen) atoms. The fraction of sp³-hybridized carbons (Fsp3) is 0.316. The Labute approximate surface area is 131 Å². The van der Waals surface area contributed by atoms with Gasteiger partial charge in [-0.15, -0.1) is 0 Å². The molecule has 1 saturated heterocycles. The Morgan fingerprint density at radius 1 is 1.05 bits per heavy atom. The second kappa shape index (κ2) is 6.75. The van der Waals surface area contributed by atoms with E-state index in [-0.39, 0.29) is 5.91 Å². The Bertz CT molecular complexity index is 622. The average molecular weight is 294 g/mol. The zero-order valence-electron chi connectivity index (χ0n) is 12.7. The summed E-state index contributed by atoms with van der Waals surface area (Å²) >= 11 is 0. The van der Waals surface area contributed by atoms with E-state index in [4.69, 9.17) is 5.73 Å². The van der Waals surface area contributed by atoms with Gasteiger partial charge in [-0.1, -0.05) is 42.5 Å². The molecule has 2 aromatic rings. The van der Waals surface area contributed by atoms with Crippen molar-refractivity contribution in [2.24, 2.45) is 11.7 Å². The highest BCUT2D eigenvalue weighted by Gasteiger charge is 2.26. The quantitative estimate of drug-likeness (QED) is 0.942. The van der Waals surface area contributed by atoms with E-state index in [2.05, 4.69) is 24.3 Å². The molecule has 0 bridgehead atoms. The minimum atomic E-state index is 0.138. The van der Waals surface area contributed by atoms with E-state index in [0.717, 1.165) is 37.1 Å². The Kier molecular flexibility index (Phi) is 4.54. The molecule has 1 unspecified atom stereocenters. The summed E-state index contributed by atoms with van der Waals surface area (Å²) < 4.78 is 0. The van der Waals surface area contributed by atoms with Crippen molar-refractivity contribution in [2.75, 3.05) is 13.1 Å². The first-order valence-corrected chi connectivity index (χ1v) is 7.88. The Hall–Kier alpha value is -2.13. The first-order valence-electron chi connectivity index (χ1n) is 7.88. The lowest BCUT2D eigenvalue weighted by Gasteiger charge is -2.17. The Morgan fingerprint density at radius 2 is 1.77 bits per heavy atom. The van der Waals surface area contributed by atoms with Crippen molar-refractivity contribution in [1.29, 1.82) is 0 Å². The summed E-state index contributed by atoms with van der Waals surface area (Å²) in [5.74, 6) is 0.703. The molecule has 3 rings (SSSR count). The summed E-state index contributed by atoms with van der Waals surface area (Å²) in [4.78, 5) is 14.5. The van der Waals surface area contributed by atoms with Crippen LogP contribution in [-0.2, 0) is 13.0 Å². The number of nitrogens with two attached hydrogens (primary N) is 1. The molecule has 1 aliphatic rings. The van der Waals surface area contributed by atoms with E-state index in [9.17, 15) is 4.79 Å². The smallest absolute Gasteiger partial charge is 0.253 e. The Balaban J connectivity index is 1.60. The number of hydrogen-bond acceptors (Lipinski definition) is 2. The molecule has 1 aliphatic heterocycles. The van der Waals surface area contributed by atoms with Crippen molar-refractivity contribution < 1.29 is 4.79 Å². The minimum Gasteiger partial charge on any atom is -0.338 e.